The van der Waals surface area contributed by atoms with E-state index in [0.29, 0.717) is 28.6 Å². The van der Waals surface area contributed by atoms with E-state index in [0.717, 1.165) is 47.6 Å². The summed E-state index contributed by atoms with van der Waals surface area (Å²) in [5.41, 5.74) is 2.65. The Labute approximate surface area is 178 Å². The summed E-state index contributed by atoms with van der Waals surface area (Å²) in [4.78, 5) is 24.9. The van der Waals surface area contributed by atoms with Crippen LogP contribution in [0.3, 0.4) is 0 Å². The van der Waals surface area contributed by atoms with Crippen LogP contribution >= 0.6 is 0 Å². The average molecular weight is 407 g/mol. The molecule has 0 bridgehead atoms. The van der Waals surface area contributed by atoms with Gasteiger partial charge in [-0.1, -0.05) is 51.3 Å². The third-order valence-corrected chi connectivity index (χ3v) is 5.49. The van der Waals surface area contributed by atoms with Gasteiger partial charge in [-0.3, -0.25) is 0 Å². The highest BCUT2D eigenvalue weighted by atomic mass is 16.5. The summed E-state index contributed by atoms with van der Waals surface area (Å²) in [6, 6.07) is 7.61. The molecule has 1 aliphatic rings. The number of esters is 2. The van der Waals surface area contributed by atoms with Gasteiger partial charge in [-0.2, -0.15) is 0 Å². The van der Waals surface area contributed by atoms with E-state index in [1.54, 1.807) is 13.8 Å². The molecule has 158 valence electrons. The van der Waals surface area contributed by atoms with Gasteiger partial charge in [-0.15, -0.1) is 0 Å². The molecule has 0 amide bonds. The van der Waals surface area contributed by atoms with Crippen LogP contribution in [0.5, 0.6) is 11.5 Å². The Balaban J connectivity index is 2.32. The van der Waals surface area contributed by atoms with Gasteiger partial charge in [0.05, 0.1) is 0 Å². The topological polar surface area (TPSA) is 52.6 Å². The van der Waals surface area contributed by atoms with Crippen molar-refractivity contribution in [1.29, 1.82) is 0 Å². The molecule has 2 aromatic rings. The van der Waals surface area contributed by atoms with Gasteiger partial charge in [0.1, 0.15) is 11.5 Å². The van der Waals surface area contributed by atoms with Crippen molar-refractivity contribution < 1.29 is 19.1 Å². The Morgan fingerprint density at radius 2 is 1.53 bits per heavy atom. The molecule has 0 aromatic heterocycles. The molecule has 0 N–H and O–H groups in total. The third-order valence-electron chi connectivity index (χ3n) is 5.49. The molecule has 4 nitrogen and oxygen atoms in total. The van der Waals surface area contributed by atoms with E-state index in [-0.39, 0.29) is 5.92 Å². The molecule has 3 rings (SSSR count). The fourth-order valence-electron chi connectivity index (χ4n) is 4.19. The van der Waals surface area contributed by atoms with Crippen LogP contribution in [0.15, 0.2) is 48.6 Å². The Morgan fingerprint density at radius 1 is 1.00 bits per heavy atom. The lowest BCUT2D eigenvalue weighted by molar-refractivity contribution is -0.131. The van der Waals surface area contributed by atoms with Crippen molar-refractivity contribution in [2.45, 2.75) is 59.3 Å². The van der Waals surface area contributed by atoms with Crippen molar-refractivity contribution in [3.8, 4) is 11.5 Å². The standard InChI is InChI=1S/C26H30O4/c1-15(2)14-18-10-9-13-21-22(18)24(30-26(28)17(5)6)20-12-8-7-11-19(20)23(21)29-25(27)16(3)4/h7-8,11-12,15,18H,3,5,9-10,13-14H2,1-2,4,6H3. The zero-order valence-corrected chi connectivity index (χ0v) is 18.3. The summed E-state index contributed by atoms with van der Waals surface area (Å²) >= 11 is 0. The highest BCUT2D eigenvalue weighted by molar-refractivity contribution is 6.01. The first kappa shape index (κ1) is 21.8. The van der Waals surface area contributed by atoms with Crippen molar-refractivity contribution in [2.24, 2.45) is 5.92 Å². The molecule has 0 fully saturated rings. The molecule has 0 spiro atoms. The monoisotopic (exact) mass is 406 g/mol. The summed E-state index contributed by atoms with van der Waals surface area (Å²) in [7, 11) is 0. The Morgan fingerprint density at radius 3 is 2.07 bits per heavy atom. The second kappa shape index (κ2) is 8.86. The van der Waals surface area contributed by atoms with E-state index in [1.165, 1.54) is 0 Å². The largest absolute Gasteiger partial charge is 0.422 e. The van der Waals surface area contributed by atoms with E-state index in [4.69, 9.17) is 9.47 Å². The first-order chi connectivity index (χ1) is 14.2. The van der Waals surface area contributed by atoms with Gasteiger partial charge in [-0.25, -0.2) is 9.59 Å². The number of carbonyl (C=O) groups is 2. The highest BCUT2D eigenvalue weighted by Gasteiger charge is 2.32. The van der Waals surface area contributed by atoms with E-state index in [9.17, 15) is 9.59 Å². The van der Waals surface area contributed by atoms with Crippen LogP contribution < -0.4 is 9.47 Å². The molecular weight excluding hydrogens is 376 g/mol. The van der Waals surface area contributed by atoms with Gasteiger partial charge < -0.3 is 9.47 Å². The number of benzene rings is 2. The van der Waals surface area contributed by atoms with Crippen LogP contribution in [-0.4, -0.2) is 11.9 Å². The normalized spacial score (nSPS) is 15.6. The third kappa shape index (κ3) is 4.33. The SMILES string of the molecule is C=C(C)C(=O)Oc1c2c(c(OC(=O)C(=C)C)c3ccccc13)C(CC(C)C)CCC2. The first-order valence-electron chi connectivity index (χ1n) is 10.5. The summed E-state index contributed by atoms with van der Waals surface area (Å²) in [5, 5.41) is 1.53. The van der Waals surface area contributed by atoms with Crippen molar-refractivity contribution in [3.05, 3.63) is 59.7 Å². The lowest BCUT2D eigenvalue weighted by Crippen LogP contribution is -2.19. The number of hydrogen-bond donors (Lipinski definition) is 0. The molecule has 1 unspecified atom stereocenters. The molecule has 0 aliphatic heterocycles. The Kier molecular flexibility index (Phi) is 6.45. The second-order valence-corrected chi connectivity index (χ2v) is 8.65. The van der Waals surface area contributed by atoms with Crippen LogP contribution in [0.1, 0.15) is 64.0 Å². The zero-order valence-electron chi connectivity index (χ0n) is 18.3. The van der Waals surface area contributed by atoms with Gasteiger partial charge >= 0.3 is 11.9 Å². The van der Waals surface area contributed by atoms with Gasteiger partial charge in [0.15, 0.2) is 0 Å². The van der Waals surface area contributed by atoms with Crippen LogP contribution in [0.2, 0.25) is 0 Å². The van der Waals surface area contributed by atoms with Crippen LogP contribution in [-0.2, 0) is 16.0 Å². The lowest BCUT2D eigenvalue weighted by atomic mass is 9.76. The molecular formula is C26H30O4. The van der Waals surface area contributed by atoms with E-state index in [2.05, 4.69) is 27.0 Å². The van der Waals surface area contributed by atoms with Crippen molar-refractivity contribution in [1.82, 2.24) is 0 Å². The number of ether oxygens (including phenoxy) is 2. The van der Waals surface area contributed by atoms with Crippen LogP contribution in [0, 0.1) is 5.92 Å². The van der Waals surface area contributed by atoms with E-state index < -0.39 is 11.9 Å². The molecule has 0 saturated heterocycles. The fraction of sp³-hybridized carbons (Fsp3) is 0.385. The molecule has 30 heavy (non-hydrogen) atoms. The summed E-state index contributed by atoms with van der Waals surface area (Å²) in [5.74, 6) is 0.973. The number of rotatable bonds is 6. The van der Waals surface area contributed by atoms with Crippen molar-refractivity contribution in [2.75, 3.05) is 0 Å². The van der Waals surface area contributed by atoms with Crippen LogP contribution in [0.25, 0.3) is 10.8 Å². The van der Waals surface area contributed by atoms with E-state index >= 15 is 0 Å². The number of fused-ring (bicyclic) bond motifs is 2. The number of carbonyl (C=O) groups excluding carboxylic acids is 2. The smallest absolute Gasteiger partial charge is 0.338 e. The number of hydrogen-bond acceptors (Lipinski definition) is 4. The van der Waals surface area contributed by atoms with Gasteiger partial charge in [0.25, 0.3) is 0 Å². The molecule has 4 heteroatoms. The summed E-state index contributed by atoms with van der Waals surface area (Å²) < 4.78 is 11.8. The van der Waals surface area contributed by atoms with Gasteiger partial charge in [0.2, 0.25) is 0 Å². The minimum atomic E-state index is -0.444. The first-order valence-corrected chi connectivity index (χ1v) is 10.5. The van der Waals surface area contributed by atoms with E-state index in [1.807, 2.05) is 24.3 Å². The fourth-order valence-corrected chi connectivity index (χ4v) is 4.19. The minimum absolute atomic E-state index is 0.230. The van der Waals surface area contributed by atoms with Gasteiger partial charge in [-0.05, 0) is 51.4 Å². The molecule has 0 radical (unpaired) electrons. The van der Waals surface area contributed by atoms with Crippen molar-refractivity contribution >= 4 is 22.7 Å². The maximum absolute atomic E-state index is 12.5. The quantitative estimate of drug-likeness (QED) is 0.322. The molecule has 0 heterocycles. The molecule has 2 aromatic carbocycles. The predicted octanol–water partition coefficient (Wildman–Crippen LogP) is 6.27. The molecule has 1 aliphatic carbocycles. The highest BCUT2D eigenvalue weighted by Crippen LogP contribution is 2.50. The minimum Gasteiger partial charge on any atom is -0.422 e. The Hall–Kier alpha value is -2.88. The summed E-state index contributed by atoms with van der Waals surface area (Å²) in [6.07, 6.45) is 3.74. The predicted molar refractivity (Wildman–Crippen MR) is 120 cm³/mol. The molecule has 1 atom stereocenters. The lowest BCUT2D eigenvalue weighted by Gasteiger charge is -2.31. The maximum Gasteiger partial charge on any atom is 0.338 e. The van der Waals surface area contributed by atoms with Gasteiger partial charge in [0, 0.05) is 33.0 Å². The Bertz CT molecular complexity index is 1030. The second-order valence-electron chi connectivity index (χ2n) is 8.65. The molecule has 0 saturated carbocycles. The average Bonchev–Trinajstić information content (AvgIpc) is 2.69. The maximum atomic E-state index is 12.5. The summed E-state index contributed by atoms with van der Waals surface area (Å²) in [6.45, 7) is 15.1. The van der Waals surface area contributed by atoms with Crippen molar-refractivity contribution in [3.63, 3.8) is 0 Å². The zero-order chi connectivity index (χ0) is 22.0. The van der Waals surface area contributed by atoms with Crippen LogP contribution in [0.4, 0.5) is 0 Å².